The number of carbonyl (C=O) groups is 1. The number of halogens is 3. The first-order valence-corrected chi connectivity index (χ1v) is 8.59. The predicted molar refractivity (Wildman–Crippen MR) is 95.0 cm³/mol. The van der Waals surface area contributed by atoms with Crippen LogP contribution in [0.2, 0.25) is 0 Å². The standard InChI is InChI=1S/C19H15F3N4O2/c20-19(21,22)28-15-9-7-13(8-10-15)16-12-23-26(24-16)18(27)25-11-3-5-14-4-1-2-6-17(14)25/h1-2,4,6-10,12H,3,5,11H2. The third-order valence-electron chi connectivity index (χ3n) is 4.39. The van der Waals surface area contributed by atoms with Crippen molar-refractivity contribution in [3.05, 3.63) is 60.3 Å². The molecule has 9 heteroatoms. The molecule has 144 valence electrons. The van der Waals surface area contributed by atoms with E-state index in [4.69, 9.17) is 0 Å². The summed E-state index contributed by atoms with van der Waals surface area (Å²) in [6.07, 6.45) is -1.60. The summed E-state index contributed by atoms with van der Waals surface area (Å²) < 4.78 is 40.6. The molecule has 0 atom stereocenters. The summed E-state index contributed by atoms with van der Waals surface area (Å²) in [7, 11) is 0. The van der Waals surface area contributed by atoms with Crippen LogP contribution in [0.1, 0.15) is 12.0 Å². The van der Waals surface area contributed by atoms with Crippen LogP contribution in [0.25, 0.3) is 11.3 Å². The van der Waals surface area contributed by atoms with Gasteiger partial charge < -0.3 is 4.74 Å². The van der Waals surface area contributed by atoms with Crippen molar-refractivity contribution < 1.29 is 22.7 Å². The second-order valence-corrected chi connectivity index (χ2v) is 6.26. The van der Waals surface area contributed by atoms with Crippen LogP contribution in [0.4, 0.5) is 23.7 Å². The van der Waals surface area contributed by atoms with Gasteiger partial charge in [0.25, 0.3) is 0 Å². The van der Waals surface area contributed by atoms with Gasteiger partial charge in [0.05, 0.1) is 6.20 Å². The van der Waals surface area contributed by atoms with E-state index in [9.17, 15) is 18.0 Å². The highest BCUT2D eigenvalue weighted by Crippen LogP contribution is 2.28. The minimum atomic E-state index is -4.75. The number of carbonyl (C=O) groups excluding carboxylic acids is 1. The smallest absolute Gasteiger partial charge is 0.406 e. The fourth-order valence-electron chi connectivity index (χ4n) is 3.16. The third kappa shape index (κ3) is 3.68. The fourth-order valence-corrected chi connectivity index (χ4v) is 3.16. The SMILES string of the molecule is O=C(N1CCCc2ccccc21)n1ncc(-c2ccc(OC(F)(F)F)cc2)n1. The van der Waals surface area contributed by atoms with Gasteiger partial charge in [-0.3, -0.25) is 4.90 Å². The lowest BCUT2D eigenvalue weighted by Crippen LogP contribution is -2.39. The van der Waals surface area contributed by atoms with Crippen molar-refractivity contribution in [1.29, 1.82) is 0 Å². The maximum absolute atomic E-state index is 12.8. The largest absolute Gasteiger partial charge is 0.573 e. The van der Waals surface area contributed by atoms with Gasteiger partial charge >= 0.3 is 12.4 Å². The van der Waals surface area contributed by atoms with E-state index >= 15 is 0 Å². The number of ether oxygens (including phenoxy) is 1. The van der Waals surface area contributed by atoms with Gasteiger partial charge in [0.1, 0.15) is 11.4 Å². The van der Waals surface area contributed by atoms with E-state index in [1.165, 1.54) is 30.5 Å². The molecule has 0 N–H and O–H groups in total. The maximum atomic E-state index is 12.8. The van der Waals surface area contributed by atoms with Crippen LogP contribution >= 0.6 is 0 Å². The van der Waals surface area contributed by atoms with Gasteiger partial charge in [-0.05, 0) is 48.7 Å². The molecule has 3 aromatic rings. The van der Waals surface area contributed by atoms with E-state index in [2.05, 4.69) is 14.9 Å². The van der Waals surface area contributed by atoms with Crippen LogP contribution in [0, 0.1) is 0 Å². The molecule has 1 aliphatic rings. The molecule has 0 aliphatic carbocycles. The second-order valence-electron chi connectivity index (χ2n) is 6.26. The number of aryl methyl sites for hydroxylation is 1. The van der Waals surface area contributed by atoms with Crippen LogP contribution in [-0.4, -0.2) is 33.9 Å². The Morgan fingerprint density at radius 3 is 2.57 bits per heavy atom. The molecule has 1 aromatic heterocycles. The van der Waals surface area contributed by atoms with Gasteiger partial charge in [-0.1, -0.05) is 23.0 Å². The normalized spacial score (nSPS) is 13.9. The minimum absolute atomic E-state index is 0.329. The zero-order valence-electron chi connectivity index (χ0n) is 14.6. The molecule has 0 unspecified atom stereocenters. The molecule has 4 rings (SSSR count). The Kier molecular flexibility index (Phi) is 4.50. The average Bonchev–Trinajstić information content (AvgIpc) is 3.16. The minimum Gasteiger partial charge on any atom is -0.406 e. The second kappa shape index (κ2) is 6.99. The van der Waals surface area contributed by atoms with Gasteiger partial charge in [0.2, 0.25) is 0 Å². The first kappa shape index (κ1) is 18.0. The monoisotopic (exact) mass is 388 g/mol. The molecule has 28 heavy (non-hydrogen) atoms. The van der Waals surface area contributed by atoms with Gasteiger partial charge in [-0.2, -0.15) is 5.10 Å². The Morgan fingerprint density at radius 2 is 1.82 bits per heavy atom. The first-order valence-electron chi connectivity index (χ1n) is 8.59. The van der Waals surface area contributed by atoms with E-state index in [1.807, 2.05) is 24.3 Å². The molecular weight excluding hydrogens is 373 g/mol. The molecule has 0 bridgehead atoms. The number of hydrogen-bond acceptors (Lipinski definition) is 4. The molecule has 1 aliphatic heterocycles. The molecule has 1 amide bonds. The van der Waals surface area contributed by atoms with Crippen molar-refractivity contribution in [3.63, 3.8) is 0 Å². The van der Waals surface area contributed by atoms with Crippen LogP contribution in [0.3, 0.4) is 0 Å². The van der Waals surface area contributed by atoms with Gasteiger partial charge in [0, 0.05) is 17.8 Å². The lowest BCUT2D eigenvalue weighted by atomic mass is 10.0. The third-order valence-corrected chi connectivity index (χ3v) is 4.39. The number of nitrogens with zero attached hydrogens (tertiary/aromatic N) is 4. The molecular formula is C19H15F3N4O2. The zero-order chi connectivity index (χ0) is 19.7. The summed E-state index contributed by atoms with van der Waals surface area (Å²) in [4.78, 5) is 15.5. The highest BCUT2D eigenvalue weighted by molar-refractivity contribution is 5.93. The van der Waals surface area contributed by atoms with Gasteiger partial charge in [-0.25, -0.2) is 4.79 Å². The number of fused-ring (bicyclic) bond motifs is 1. The molecule has 0 spiro atoms. The van der Waals surface area contributed by atoms with E-state index in [-0.39, 0.29) is 11.8 Å². The molecule has 2 heterocycles. The van der Waals surface area contributed by atoms with Crippen LogP contribution in [0.15, 0.2) is 54.7 Å². The van der Waals surface area contributed by atoms with Crippen molar-refractivity contribution >= 4 is 11.7 Å². The molecule has 6 nitrogen and oxygen atoms in total. The van der Waals surface area contributed by atoms with Crippen molar-refractivity contribution in [2.75, 3.05) is 11.4 Å². The van der Waals surface area contributed by atoms with Crippen molar-refractivity contribution in [1.82, 2.24) is 15.0 Å². The molecule has 0 fully saturated rings. The molecule has 0 saturated heterocycles. The fraction of sp³-hybridized carbons (Fsp3) is 0.211. The van der Waals surface area contributed by atoms with Crippen LogP contribution in [-0.2, 0) is 6.42 Å². The highest BCUT2D eigenvalue weighted by atomic mass is 19.4. The number of benzene rings is 2. The van der Waals surface area contributed by atoms with E-state index in [0.29, 0.717) is 17.8 Å². The summed E-state index contributed by atoms with van der Waals surface area (Å²) in [6.45, 7) is 0.566. The van der Waals surface area contributed by atoms with Crippen LogP contribution < -0.4 is 9.64 Å². The molecule has 2 aromatic carbocycles. The van der Waals surface area contributed by atoms with Crippen molar-refractivity contribution in [3.8, 4) is 17.0 Å². The summed E-state index contributed by atoms with van der Waals surface area (Å²) >= 11 is 0. The first-order chi connectivity index (χ1) is 13.4. The molecule has 0 saturated carbocycles. The topological polar surface area (TPSA) is 60.2 Å². The van der Waals surface area contributed by atoms with E-state index in [0.717, 1.165) is 28.9 Å². The Bertz CT molecular complexity index is 999. The lowest BCUT2D eigenvalue weighted by Gasteiger charge is -2.28. The summed E-state index contributed by atoms with van der Waals surface area (Å²) in [6, 6.07) is 12.5. The summed E-state index contributed by atoms with van der Waals surface area (Å²) in [5.41, 5.74) is 2.82. The number of rotatable bonds is 2. The Hall–Kier alpha value is -3.36. The Labute approximate surface area is 158 Å². The number of amides is 1. The number of aromatic nitrogens is 3. The van der Waals surface area contributed by atoms with E-state index in [1.54, 1.807) is 4.90 Å². The highest BCUT2D eigenvalue weighted by Gasteiger charge is 2.31. The Morgan fingerprint density at radius 1 is 1.07 bits per heavy atom. The number of anilines is 1. The predicted octanol–water partition coefficient (Wildman–Crippen LogP) is 4.26. The van der Waals surface area contributed by atoms with Gasteiger partial charge in [-0.15, -0.1) is 18.3 Å². The number of hydrogen-bond donors (Lipinski definition) is 0. The average molecular weight is 388 g/mol. The maximum Gasteiger partial charge on any atom is 0.573 e. The number of alkyl halides is 3. The van der Waals surface area contributed by atoms with Crippen molar-refractivity contribution in [2.24, 2.45) is 0 Å². The van der Waals surface area contributed by atoms with E-state index < -0.39 is 6.36 Å². The Balaban J connectivity index is 1.54. The molecule has 0 radical (unpaired) electrons. The van der Waals surface area contributed by atoms with Crippen molar-refractivity contribution in [2.45, 2.75) is 19.2 Å². The summed E-state index contributed by atoms with van der Waals surface area (Å²) in [5.74, 6) is -0.329. The quantitative estimate of drug-likeness (QED) is 0.658. The zero-order valence-corrected chi connectivity index (χ0v) is 14.6. The number of para-hydroxylation sites is 1. The van der Waals surface area contributed by atoms with Gasteiger partial charge in [0.15, 0.2) is 0 Å². The lowest BCUT2D eigenvalue weighted by molar-refractivity contribution is -0.274. The summed E-state index contributed by atoms with van der Waals surface area (Å²) in [5, 5.41) is 8.21. The van der Waals surface area contributed by atoms with Crippen LogP contribution in [0.5, 0.6) is 5.75 Å².